The van der Waals surface area contributed by atoms with E-state index >= 15 is 0 Å². The van der Waals surface area contributed by atoms with Crippen LogP contribution in [0, 0.1) is 11.3 Å². The van der Waals surface area contributed by atoms with E-state index in [-0.39, 0.29) is 5.60 Å². The van der Waals surface area contributed by atoms with E-state index in [1.165, 1.54) is 12.8 Å². The van der Waals surface area contributed by atoms with Crippen molar-refractivity contribution in [1.82, 2.24) is 0 Å². The van der Waals surface area contributed by atoms with Crippen molar-refractivity contribution in [2.45, 2.75) is 59.0 Å². The van der Waals surface area contributed by atoms with Gasteiger partial charge in [0, 0.05) is 6.61 Å². The standard InChI is InChI=1S/C13H27NO/c1-5-12(4)10-13(6-8-14,11(2)3)7-9-15-12/h11H,5-10,14H2,1-4H3. The molecule has 1 saturated heterocycles. The molecule has 2 unspecified atom stereocenters. The average molecular weight is 213 g/mol. The third-order valence-corrected chi connectivity index (χ3v) is 4.39. The largest absolute Gasteiger partial charge is 0.375 e. The molecular weight excluding hydrogens is 186 g/mol. The van der Waals surface area contributed by atoms with Crippen molar-refractivity contribution in [2.75, 3.05) is 13.2 Å². The van der Waals surface area contributed by atoms with Gasteiger partial charge in [0.1, 0.15) is 0 Å². The molecule has 1 aliphatic heterocycles. The first-order chi connectivity index (χ1) is 6.98. The Kier molecular flexibility index (Phi) is 4.19. The van der Waals surface area contributed by atoms with E-state index in [0.717, 1.165) is 26.0 Å². The summed E-state index contributed by atoms with van der Waals surface area (Å²) in [5, 5.41) is 0. The van der Waals surface area contributed by atoms with Gasteiger partial charge in [-0.1, -0.05) is 20.8 Å². The monoisotopic (exact) mass is 213 g/mol. The quantitative estimate of drug-likeness (QED) is 0.779. The third-order valence-electron chi connectivity index (χ3n) is 4.39. The first-order valence-electron chi connectivity index (χ1n) is 6.32. The maximum Gasteiger partial charge on any atom is 0.0657 e. The van der Waals surface area contributed by atoms with E-state index < -0.39 is 0 Å². The lowest BCUT2D eigenvalue weighted by Gasteiger charge is -2.48. The van der Waals surface area contributed by atoms with Gasteiger partial charge in [0.05, 0.1) is 5.60 Å². The van der Waals surface area contributed by atoms with Gasteiger partial charge in [-0.25, -0.2) is 0 Å². The topological polar surface area (TPSA) is 35.2 Å². The molecule has 0 aliphatic carbocycles. The summed E-state index contributed by atoms with van der Waals surface area (Å²) >= 11 is 0. The highest BCUT2D eigenvalue weighted by atomic mass is 16.5. The van der Waals surface area contributed by atoms with Crippen molar-refractivity contribution in [3.63, 3.8) is 0 Å². The molecular formula is C13H27NO. The zero-order valence-electron chi connectivity index (χ0n) is 10.8. The van der Waals surface area contributed by atoms with E-state index in [2.05, 4.69) is 27.7 Å². The molecule has 2 atom stereocenters. The Balaban J connectivity index is 2.80. The van der Waals surface area contributed by atoms with E-state index in [0.29, 0.717) is 11.3 Å². The van der Waals surface area contributed by atoms with E-state index in [1.807, 2.05) is 0 Å². The molecule has 1 aliphatic rings. The summed E-state index contributed by atoms with van der Waals surface area (Å²) in [6.07, 6.45) is 4.60. The Morgan fingerprint density at radius 2 is 2.07 bits per heavy atom. The van der Waals surface area contributed by atoms with Crippen LogP contribution in [-0.2, 0) is 4.74 Å². The minimum atomic E-state index is 0.0810. The maximum atomic E-state index is 5.93. The zero-order valence-corrected chi connectivity index (χ0v) is 10.8. The molecule has 2 nitrogen and oxygen atoms in total. The molecule has 0 saturated carbocycles. The second-order valence-corrected chi connectivity index (χ2v) is 5.63. The summed E-state index contributed by atoms with van der Waals surface area (Å²) in [5.74, 6) is 0.704. The number of rotatable bonds is 4. The molecule has 2 heteroatoms. The van der Waals surface area contributed by atoms with Crippen molar-refractivity contribution in [3.05, 3.63) is 0 Å². The Morgan fingerprint density at radius 3 is 2.53 bits per heavy atom. The maximum absolute atomic E-state index is 5.93. The number of hydrogen-bond donors (Lipinski definition) is 1. The van der Waals surface area contributed by atoms with Crippen LogP contribution >= 0.6 is 0 Å². The van der Waals surface area contributed by atoms with Crippen molar-refractivity contribution in [1.29, 1.82) is 0 Å². The SMILES string of the molecule is CCC1(C)CC(CCN)(C(C)C)CCO1. The van der Waals surface area contributed by atoms with E-state index in [4.69, 9.17) is 10.5 Å². The molecule has 90 valence electrons. The van der Waals surface area contributed by atoms with Gasteiger partial charge in [-0.3, -0.25) is 0 Å². The molecule has 1 rings (SSSR count). The highest BCUT2D eigenvalue weighted by Gasteiger charge is 2.43. The van der Waals surface area contributed by atoms with Gasteiger partial charge in [-0.15, -0.1) is 0 Å². The van der Waals surface area contributed by atoms with Crippen LogP contribution in [0.2, 0.25) is 0 Å². The minimum absolute atomic E-state index is 0.0810. The number of ether oxygens (including phenoxy) is 1. The van der Waals surface area contributed by atoms with Crippen LogP contribution in [0.1, 0.15) is 53.4 Å². The minimum Gasteiger partial charge on any atom is -0.375 e. The van der Waals surface area contributed by atoms with Crippen molar-refractivity contribution in [2.24, 2.45) is 17.1 Å². The second kappa shape index (κ2) is 4.84. The highest BCUT2D eigenvalue weighted by molar-refractivity contribution is 4.93. The van der Waals surface area contributed by atoms with Crippen molar-refractivity contribution in [3.8, 4) is 0 Å². The molecule has 0 radical (unpaired) electrons. The summed E-state index contributed by atoms with van der Waals surface area (Å²) in [5.41, 5.74) is 6.27. The van der Waals surface area contributed by atoms with Crippen molar-refractivity contribution >= 4 is 0 Å². The fraction of sp³-hybridized carbons (Fsp3) is 1.00. The van der Waals surface area contributed by atoms with Gasteiger partial charge in [-0.05, 0) is 50.5 Å². The Hall–Kier alpha value is -0.0800. The lowest BCUT2D eigenvalue weighted by Crippen LogP contribution is -2.46. The molecule has 0 aromatic heterocycles. The molecule has 15 heavy (non-hydrogen) atoms. The summed E-state index contributed by atoms with van der Waals surface area (Å²) in [6.45, 7) is 10.8. The first kappa shape index (κ1) is 13.0. The van der Waals surface area contributed by atoms with Crippen LogP contribution in [0.25, 0.3) is 0 Å². The average Bonchev–Trinajstić information content (AvgIpc) is 2.18. The second-order valence-electron chi connectivity index (χ2n) is 5.63. The summed E-state index contributed by atoms with van der Waals surface area (Å²) in [7, 11) is 0. The smallest absolute Gasteiger partial charge is 0.0657 e. The molecule has 0 aromatic carbocycles. The first-order valence-corrected chi connectivity index (χ1v) is 6.32. The predicted octanol–water partition coefficient (Wildman–Crippen LogP) is 2.96. The van der Waals surface area contributed by atoms with Crippen LogP contribution in [0.4, 0.5) is 0 Å². The van der Waals surface area contributed by atoms with Crippen molar-refractivity contribution < 1.29 is 4.74 Å². The molecule has 0 amide bonds. The summed E-state index contributed by atoms with van der Waals surface area (Å²) in [6, 6.07) is 0. The molecule has 1 fully saturated rings. The van der Waals surface area contributed by atoms with E-state index in [1.54, 1.807) is 0 Å². The predicted molar refractivity (Wildman–Crippen MR) is 64.8 cm³/mol. The van der Waals surface area contributed by atoms with Gasteiger partial charge in [-0.2, -0.15) is 0 Å². The van der Waals surface area contributed by atoms with Gasteiger partial charge < -0.3 is 10.5 Å². The van der Waals surface area contributed by atoms with Gasteiger partial charge in [0.25, 0.3) is 0 Å². The third kappa shape index (κ3) is 2.73. The zero-order chi connectivity index (χ0) is 11.5. The summed E-state index contributed by atoms with van der Waals surface area (Å²) < 4.78 is 5.93. The van der Waals surface area contributed by atoms with Gasteiger partial charge >= 0.3 is 0 Å². The van der Waals surface area contributed by atoms with E-state index in [9.17, 15) is 0 Å². The Labute approximate surface area is 94.6 Å². The Bertz CT molecular complexity index is 201. The highest BCUT2D eigenvalue weighted by Crippen LogP contribution is 2.47. The molecule has 1 heterocycles. The lowest BCUT2D eigenvalue weighted by molar-refractivity contribution is -0.132. The van der Waals surface area contributed by atoms with Crippen LogP contribution in [0.3, 0.4) is 0 Å². The molecule has 0 spiro atoms. The van der Waals surface area contributed by atoms with Crippen LogP contribution in [0.5, 0.6) is 0 Å². The van der Waals surface area contributed by atoms with Crippen LogP contribution in [-0.4, -0.2) is 18.8 Å². The number of hydrogen-bond acceptors (Lipinski definition) is 2. The fourth-order valence-electron chi connectivity index (χ4n) is 2.89. The Morgan fingerprint density at radius 1 is 1.40 bits per heavy atom. The molecule has 0 aromatic rings. The fourth-order valence-corrected chi connectivity index (χ4v) is 2.89. The number of nitrogens with two attached hydrogens (primary N) is 1. The van der Waals surface area contributed by atoms with Crippen LogP contribution in [0.15, 0.2) is 0 Å². The van der Waals surface area contributed by atoms with Crippen LogP contribution < -0.4 is 5.73 Å². The van der Waals surface area contributed by atoms with Gasteiger partial charge in [0.2, 0.25) is 0 Å². The van der Waals surface area contributed by atoms with Gasteiger partial charge in [0.15, 0.2) is 0 Å². The molecule has 0 bridgehead atoms. The lowest BCUT2D eigenvalue weighted by atomic mass is 9.64. The molecule has 2 N–H and O–H groups in total. The summed E-state index contributed by atoms with van der Waals surface area (Å²) in [4.78, 5) is 0. The normalized spacial score (nSPS) is 37.2.